The summed E-state index contributed by atoms with van der Waals surface area (Å²) in [5.74, 6) is 0. The summed E-state index contributed by atoms with van der Waals surface area (Å²) in [5, 5.41) is 28.2. The lowest BCUT2D eigenvalue weighted by Gasteiger charge is -2.01. The largest absolute Gasteiger partial charge is 0.192 e. The van der Waals surface area contributed by atoms with Crippen molar-refractivity contribution in [2.24, 2.45) is 0 Å². The number of rotatable bonds is 0. The molecule has 0 amide bonds. The molecule has 0 aliphatic rings. The van der Waals surface area contributed by atoms with Crippen LogP contribution in [0.15, 0.2) is 30.3 Å². The van der Waals surface area contributed by atoms with E-state index in [0.717, 1.165) is 5.39 Å². The zero-order chi connectivity index (χ0) is 11.5. The van der Waals surface area contributed by atoms with Gasteiger partial charge in [0.2, 0.25) is 0 Å². The average Bonchev–Trinajstić information content (AvgIpc) is 2.36. The minimum atomic E-state index is 0.303. The van der Waals surface area contributed by atoms with Gasteiger partial charge in [-0.1, -0.05) is 12.1 Å². The van der Waals surface area contributed by atoms with Crippen LogP contribution in [0.25, 0.3) is 10.8 Å². The molecule has 2 aromatic carbocycles. The van der Waals surface area contributed by atoms with Crippen molar-refractivity contribution in [3.05, 3.63) is 47.0 Å². The minimum absolute atomic E-state index is 0.303. The fourth-order valence-electron chi connectivity index (χ4n) is 1.61. The quantitative estimate of drug-likeness (QED) is 0.660. The van der Waals surface area contributed by atoms with E-state index in [1.165, 1.54) is 0 Å². The molecule has 2 rings (SSSR count). The maximum Gasteiger partial charge on any atom is 0.101 e. The van der Waals surface area contributed by atoms with Crippen LogP contribution < -0.4 is 0 Å². The van der Waals surface area contributed by atoms with Gasteiger partial charge in [0.25, 0.3) is 0 Å². The highest BCUT2D eigenvalue weighted by Crippen LogP contribution is 2.22. The topological polar surface area (TPSA) is 71.4 Å². The van der Waals surface area contributed by atoms with Crippen molar-refractivity contribution in [1.29, 1.82) is 15.8 Å². The van der Waals surface area contributed by atoms with Gasteiger partial charge in [-0.25, -0.2) is 0 Å². The van der Waals surface area contributed by atoms with Gasteiger partial charge in [0, 0.05) is 5.39 Å². The first-order chi connectivity index (χ1) is 7.80. The van der Waals surface area contributed by atoms with Crippen LogP contribution in [0.5, 0.6) is 0 Å². The summed E-state index contributed by atoms with van der Waals surface area (Å²) >= 11 is 0. The summed E-state index contributed by atoms with van der Waals surface area (Å²) in [6.45, 7) is 0. The van der Waals surface area contributed by atoms with Gasteiger partial charge in [-0.15, -0.1) is 0 Å². The molecule has 0 aromatic heterocycles. The Bertz CT molecular complexity index is 694. The molecule has 0 N–H and O–H groups in total. The molecular formula is C13H5N3. The molecule has 0 spiro atoms. The Hall–Kier alpha value is -2.83. The van der Waals surface area contributed by atoms with Crippen molar-refractivity contribution in [2.45, 2.75) is 0 Å². The van der Waals surface area contributed by atoms with Crippen molar-refractivity contribution >= 4 is 10.8 Å². The zero-order valence-corrected chi connectivity index (χ0v) is 8.23. The number of nitriles is 3. The molecule has 0 saturated heterocycles. The highest BCUT2D eigenvalue weighted by atomic mass is 14.3. The monoisotopic (exact) mass is 203 g/mol. The van der Waals surface area contributed by atoms with Gasteiger partial charge in [0.05, 0.1) is 22.8 Å². The van der Waals surface area contributed by atoms with Crippen LogP contribution >= 0.6 is 0 Å². The van der Waals surface area contributed by atoms with Crippen molar-refractivity contribution in [3.8, 4) is 18.2 Å². The lowest BCUT2D eigenvalue weighted by Crippen LogP contribution is -1.87. The molecule has 0 aliphatic carbocycles. The third-order valence-electron chi connectivity index (χ3n) is 2.38. The second-order valence-electron chi connectivity index (χ2n) is 3.26. The predicted molar refractivity (Wildman–Crippen MR) is 58.1 cm³/mol. The molecule has 0 unspecified atom stereocenters. The normalized spacial score (nSPS) is 9.06. The molecule has 3 nitrogen and oxygen atoms in total. The summed E-state index contributed by atoms with van der Waals surface area (Å²) in [6, 6.07) is 14.5. The van der Waals surface area contributed by atoms with Gasteiger partial charge in [-0.05, 0) is 23.6 Å². The van der Waals surface area contributed by atoms with E-state index in [1.807, 2.05) is 18.2 Å². The van der Waals surface area contributed by atoms with Gasteiger partial charge < -0.3 is 0 Å². The summed E-state index contributed by atoms with van der Waals surface area (Å²) in [6.07, 6.45) is 0. The third kappa shape index (κ3) is 1.36. The maximum absolute atomic E-state index is 8.93. The Labute approximate surface area is 92.4 Å². The van der Waals surface area contributed by atoms with Gasteiger partial charge in [-0.3, -0.25) is 0 Å². The molecule has 0 radical (unpaired) electrons. The van der Waals surface area contributed by atoms with Crippen molar-refractivity contribution in [1.82, 2.24) is 0 Å². The zero-order valence-electron chi connectivity index (χ0n) is 8.23. The molecule has 16 heavy (non-hydrogen) atoms. The van der Waals surface area contributed by atoms with Gasteiger partial charge >= 0.3 is 0 Å². The number of fused-ring (bicyclic) bond motifs is 1. The number of hydrogen-bond acceptors (Lipinski definition) is 3. The molecule has 0 saturated carbocycles. The van der Waals surface area contributed by atoms with Crippen LogP contribution in [-0.2, 0) is 0 Å². The van der Waals surface area contributed by atoms with E-state index >= 15 is 0 Å². The van der Waals surface area contributed by atoms with Crippen LogP contribution in [-0.4, -0.2) is 0 Å². The highest BCUT2D eigenvalue weighted by molar-refractivity contribution is 5.90. The molecule has 2 aromatic rings. The summed E-state index contributed by atoms with van der Waals surface area (Å²) in [5.41, 5.74) is 1.15. The molecule has 0 bridgehead atoms. The van der Waals surface area contributed by atoms with Gasteiger partial charge in [0.1, 0.15) is 12.1 Å². The molecule has 0 atom stereocenters. The Morgan fingerprint density at radius 3 is 2.00 bits per heavy atom. The summed E-state index contributed by atoms with van der Waals surface area (Å²) in [7, 11) is 0. The fourth-order valence-corrected chi connectivity index (χ4v) is 1.61. The lowest BCUT2D eigenvalue weighted by atomic mass is 9.99. The van der Waals surface area contributed by atoms with Crippen molar-refractivity contribution in [2.75, 3.05) is 0 Å². The Balaban J connectivity index is 2.93. The number of nitrogens with zero attached hydrogens (tertiary/aromatic N) is 3. The van der Waals surface area contributed by atoms with E-state index in [0.29, 0.717) is 22.1 Å². The van der Waals surface area contributed by atoms with E-state index in [-0.39, 0.29) is 0 Å². The van der Waals surface area contributed by atoms with Crippen molar-refractivity contribution < 1.29 is 0 Å². The Morgan fingerprint density at radius 2 is 1.38 bits per heavy atom. The van der Waals surface area contributed by atoms with Crippen LogP contribution in [0.3, 0.4) is 0 Å². The minimum Gasteiger partial charge on any atom is -0.192 e. The molecule has 72 valence electrons. The first kappa shape index (κ1) is 9.71. The second-order valence-corrected chi connectivity index (χ2v) is 3.26. The third-order valence-corrected chi connectivity index (χ3v) is 2.38. The van der Waals surface area contributed by atoms with E-state index in [4.69, 9.17) is 15.8 Å². The number of benzene rings is 2. The van der Waals surface area contributed by atoms with E-state index in [2.05, 4.69) is 6.07 Å². The maximum atomic E-state index is 8.93. The predicted octanol–water partition coefficient (Wildman–Crippen LogP) is 2.45. The summed E-state index contributed by atoms with van der Waals surface area (Å²) < 4.78 is 0. The fraction of sp³-hybridized carbons (Fsp3) is 0. The van der Waals surface area contributed by atoms with Crippen LogP contribution in [0.4, 0.5) is 0 Å². The molecular weight excluding hydrogens is 198 g/mol. The Kier molecular flexibility index (Phi) is 2.27. The average molecular weight is 203 g/mol. The standard InChI is InChI=1S/C13H5N3/c14-6-10-3-1-2-9-4-11(7-15)12(8-16)5-13(9)10/h1-5H. The summed E-state index contributed by atoms with van der Waals surface area (Å²) in [4.78, 5) is 0. The van der Waals surface area contributed by atoms with Crippen LogP contribution in [0.2, 0.25) is 0 Å². The van der Waals surface area contributed by atoms with Gasteiger partial charge in [0.15, 0.2) is 0 Å². The molecule has 0 aliphatic heterocycles. The van der Waals surface area contributed by atoms with Crippen LogP contribution in [0.1, 0.15) is 16.7 Å². The lowest BCUT2D eigenvalue weighted by molar-refractivity contribution is 1.44. The van der Waals surface area contributed by atoms with Crippen molar-refractivity contribution in [3.63, 3.8) is 0 Å². The molecule has 0 fully saturated rings. The molecule has 3 heteroatoms. The van der Waals surface area contributed by atoms with Gasteiger partial charge in [-0.2, -0.15) is 15.8 Å². The second kappa shape index (κ2) is 3.73. The Morgan fingerprint density at radius 1 is 0.750 bits per heavy atom. The highest BCUT2D eigenvalue weighted by Gasteiger charge is 2.06. The molecule has 0 heterocycles. The van der Waals surface area contributed by atoms with E-state index < -0.39 is 0 Å². The SMILES string of the molecule is N#Cc1cc2cccc(C#N)c2cc1C#N. The van der Waals surface area contributed by atoms with E-state index in [1.54, 1.807) is 24.3 Å². The smallest absolute Gasteiger partial charge is 0.101 e. The first-order valence-corrected chi connectivity index (χ1v) is 4.57. The van der Waals surface area contributed by atoms with Crippen LogP contribution in [0, 0.1) is 34.0 Å². The van der Waals surface area contributed by atoms with E-state index in [9.17, 15) is 0 Å². The first-order valence-electron chi connectivity index (χ1n) is 4.57. The number of hydrogen-bond donors (Lipinski definition) is 0.